The number of benzene rings is 1. The number of likely N-dealkylation sites (tertiary alicyclic amines) is 1. The molecule has 0 bridgehead atoms. The molecule has 1 amide bonds. The molecule has 3 heterocycles. The Morgan fingerprint density at radius 2 is 1.68 bits per heavy atom. The maximum atomic E-state index is 13.3. The number of hydrogen-bond acceptors (Lipinski definition) is 4. The van der Waals surface area contributed by atoms with E-state index in [2.05, 4.69) is 11.9 Å². The molecule has 2 aliphatic rings. The van der Waals surface area contributed by atoms with Crippen molar-refractivity contribution in [2.45, 2.75) is 77.3 Å². The van der Waals surface area contributed by atoms with Crippen LogP contribution in [0.15, 0.2) is 44.9 Å². The second-order valence-corrected chi connectivity index (χ2v) is 10.1. The first kappa shape index (κ1) is 24.5. The van der Waals surface area contributed by atoms with Crippen LogP contribution in [0.4, 0.5) is 5.82 Å². The lowest BCUT2D eigenvalue weighted by atomic mass is 9.88. The highest BCUT2D eigenvalue weighted by Crippen LogP contribution is 2.38. The molecule has 1 unspecified atom stereocenters. The van der Waals surface area contributed by atoms with Gasteiger partial charge in [0.15, 0.2) is 0 Å². The molecule has 4 rings (SSSR count). The van der Waals surface area contributed by atoms with E-state index in [0.29, 0.717) is 42.6 Å². The van der Waals surface area contributed by atoms with Crippen LogP contribution in [0.25, 0.3) is 0 Å². The largest absolute Gasteiger partial charge is 0.342 e. The zero-order valence-electron chi connectivity index (χ0n) is 20.2. The topological polar surface area (TPSA) is 76.7 Å². The fourth-order valence-corrected chi connectivity index (χ4v) is 5.11. The standard InChI is InChI=1S/C26H33ClN4O3/c1-4-5-15-30-21-20(26(2,3)24(27)28-21)23(33)31(25(30)34)16-10-9-14-29-17-13-19(22(29)32)18-11-7-6-8-12-18/h6-8,11-12,19H,4-5,9-10,13-17H2,1-3H3. The summed E-state index contributed by atoms with van der Waals surface area (Å²) in [7, 11) is 0. The fraction of sp³-hybridized carbons (Fsp3) is 0.538. The average Bonchev–Trinajstić information content (AvgIpc) is 3.29. The van der Waals surface area contributed by atoms with Crippen LogP contribution in [0.5, 0.6) is 0 Å². The van der Waals surface area contributed by atoms with Gasteiger partial charge in [-0.1, -0.05) is 55.3 Å². The number of carbonyl (C=O) groups excluding carboxylic acids is 1. The van der Waals surface area contributed by atoms with E-state index in [9.17, 15) is 14.4 Å². The van der Waals surface area contributed by atoms with Crippen molar-refractivity contribution in [3.63, 3.8) is 0 Å². The van der Waals surface area contributed by atoms with Crippen LogP contribution in [0.3, 0.4) is 0 Å². The van der Waals surface area contributed by atoms with Crippen molar-refractivity contribution in [1.29, 1.82) is 0 Å². The monoisotopic (exact) mass is 484 g/mol. The van der Waals surface area contributed by atoms with Gasteiger partial charge >= 0.3 is 5.69 Å². The second kappa shape index (κ2) is 9.90. The summed E-state index contributed by atoms with van der Waals surface area (Å²) in [4.78, 5) is 45.7. The minimum Gasteiger partial charge on any atom is -0.342 e. The Morgan fingerprint density at radius 3 is 2.38 bits per heavy atom. The molecular formula is C26H33ClN4O3. The molecule has 2 aliphatic heterocycles. The molecule has 0 radical (unpaired) electrons. The van der Waals surface area contributed by atoms with Crippen molar-refractivity contribution in [2.75, 3.05) is 13.1 Å². The van der Waals surface area contributed by atoms with Crippen LogP contribution in [0.2, 0.25) is 0 Å². The predicted molar refractivity (Wildman–Crippen MR) is 135 cm³/mol. The van der Waals surface area contributed by atoms with E-state index >= 15 is 0 Å². The highest BCUT2D eigenvalue weighted by atomic mass is 35.5. The molecule has 0 saturated carbocycles. The molecule has 1 fully saturated rings. The summed E-state index contributed by atoms with van der Waals surface area (Å²) in [5, 5.41) is 0.336. The Hall–Kier alpha value is -2.67. The van der Waals surface area contributed by atoms with Gasteiger partial charge in [-0.25, -0.2) is 9.79 Å². The van der Waals surface area contributed by atoms with Gasteiger partial charge in [0, 0.05) is 26.2 Å². The highest BCUT2D eigenvalue weighted by Gasteiger charge is 2.40. The Morgan fingerprint density at radius 1 is 1.00 bits per heavy atom. The van der Waals surface area contributed by atoms with Gasteiger partial charge in [-0.2, -0.15) is 0 Å². The number of unbranched alkanes of at least 4 members (excludes halogenated alkanes) is 2. The van der Waals surface area contributed by atoms with Crippen LogP contribution < -0.4 is 11.2 Å². The number of rotatable bonds is 9. The van der Waals surface area contributed by atoms with E-state index in [1.165, 1.54) is 4.57 Å². The third-order valence-corrected chi connectivity index (χ3v) is 7.60. The number of carbonyl (C=O) groups is 1. The van der Waals surface area contributed by atoms with E-state index in [-0.39, 0.29) is 23.1 Å². The zero-order valence-corrected chi connectivity index (χ0v) is 21.0. The molecule has 0 spiro atoms. The van der Waals surface area contributed by atoms with Crippen molar-refractivity contribution in [1.82, 2.24) is 14.0 Å². The number of hydrogen-bond donors (Lipinski definition) is 0. The molecule has 8 heteroatoms. The van der Waals surface area contributed by atoms with Crippen LogP contribution in [0.1, 0.15) is 69.9 Å². The summed E-state index contributed by atoms with van der Waals surface area (Å²) in [5.74, 6) is 0.499. The van der Waals surface area contributed by atoms with E-state index in [1.54, 1.807) is 4.57 Å². The van der Waals surface area contributed by atoms with Crippen molar-refractivity contribution in [3.8, 4) is 0 Å². The normalized spacial score (nSPS) is 18.9. The van der Waals surface area contributed by atoms with Crippen LogP contribution in [-0.2, 0) is 23.3 Å². The lowest BCUT2D eigenvalue weighted by Gasteiger charge is -2.21. The van der Waals surface area contributed by atoms with Crippen molar-refractivity contribution in [3.05, 3.63) is 62.3 Å². The molecule has 1 atom stereocenters. The summed E-state index contributed by atoms with van der Waals surface area (Å²) in [6, 6.07) is 9.90. The average molecular weight is 485 g/mol. The van der Waals surface area contributed by atoms with Gasteiger partial charge in [0.05, 0.1) is 16.9 Å². The minimum absolute atomic E-state index is 0.0710. The van der Waals surface area contributed by atoms with E-state index < -0.39 is 5.41 Å². The number of aliphatic imine (C=N–C) groups is 1. The second-order valence-electron chi connectivity index (χ2n) is 9.76. The molecule has 1 saturated heterocycles. The van der Waals surface area contributed by atoms with Gasteiger partial charge in [-0.05, 0) is 45.1 Å². The zero-order chi connectivity index (χ0) is 24.5. The molecule has 7 nitrogen and oxygen atoms in total. The lowest BCUT2D eigenvalue weighted by Crippen LogP contribution is -2.44. The van der Waals surface area contributed by atoms with Crippen LogP contribution in [0, 0.1) is 0 Å². The molecule has 1 aromatic heterocycles. The molecule has 0 aliphatic carbocycles. The Bertz CT molecular complexity index is 1210. The highest BCUT2D eigenvalue weighted by molar-refractivity contribution is 6.68. The molecule has 2 aromatic rings. The number of fused-ring (bicyclic) bond motifs is 1. The molecule has 182 valence electrons. The summed E-state index contributed by atoms with van der Waals surface area (Å²) < 4.78 is 2.94. The van der Waals surface area contributed by atoms with E-state index in [4.69, 9.17) is 11.6 Å². The maximum absolute atomic E-state index is 13.3. The quantitative estimate of drug-likeness (QED) is 0.501. The molecule has 0 N–H and O–H groups in total. The fourth-order valence-electron chi connectivity index (χ4n) is 4.93. The van der Waals surface area contributed by atoms with E-state index in [0.717, 1.165) is 37.8 Å². The van der Waals surface area contributed by atoms with Gasteiger partial charge in [0.1, 0.15) is 11.0 Å². The number of aromatic nitrogens is 2. The molecule has 34 heavy (non-hydrogen) atoms. The summed E-state index contributed by atoms with van der Waals surface area (Å²) in [5.41, 5.74) is 0.207. The summed E-state index contributed by atoms with van der Waals surface area (Å²) >= 11 is 6.37. The first-order valence-corrected chi connectivity index (χ1v) is 12.6. The lowest BCUT2D eigenvalue weighted by molar-refractivity contribution is -0.129. The van der Waals surface area contributed by atoms with Crippen molar-refractivity contribution < 1.29 is 4.79 Å². The SMILES string of the molecule is CCCCn1c2c(c(=O)n(CCCCN3CCC(c4ccccc4)C3=O)c1=O)C(C)(C)C(Cl)=N2. The van der Waals surface area contributed by atoms with Gasteiger partial charge in [-0.15, -0.1) is 0 Å². The van der Waals surface area contributed by atoms with Gasteiger partial charge < -0.3 is 4.90 Å². The van der Waals surface area contributed by atoms with E-state index in [1.807, 2.05) is 49.1 Å². The van der Waals surface area contributed by atoms with Crippen LogP contribution >= 0.6 is 11.6 Å². The maximum Gasteiger partial charge on any atom is 0.332 e. The number of amides is 1. The molecule has 1 aromatic carbocycles. The first-order chi connectivity index (χ1) is 16.3. The van der Waals surface area contributed by atoms with Gasteiger partial charge in [-0.3, -0.25) is 18.7 Å². The third-order valence-electron chi connectivity index (χ3n) is 7.04. The van der Waals surface area contributed by atoms with Crippen molar-refractivity contribution >= 4 is 28.5 Å². The Labute approximate surface area is 205 Å². The summed E-state index contributed by atoms with van der Waals surface area (Å²) in [6.07, 6.45) is 3.93. The Balaban J connectivity index is 1.46. The summed E-state index contributed by atoms with van der Waals surface area (Å²) in [6.45, 7) is 7.99. The first-order valence-electron chi connectivity index (χ1n) is 12.2. The third kappa shape index (κ3) is 4.38. The predicted octanol–water partition coefficient (Wildman–Crippen LogP) is 4.17. The molecular weight excluding hydrogens is 452 g/mol. The van der Waals surface area contributed by atoms with Gasteiger partial charge in [0.2, 0.25) is 5.91 Å². The minimum atomic E-state index is -0.716. The van der Waals surface area contributed by atoms with Gasteiger partial charge in [0.25, 0.3) is 5.56 Å². The van der Waals surface area contributed by atoms with Crippen molar-refractivity contribution in [2.24, 2.45) is 4.99 Å². The number of halogens is 1. The smallest absolute Gasteiger partial charge is 0.332 e. The number of nitrogens with zero attached hydrogens (tertiary/aromatic N) is 4. The van der Waals surface area contributed by atoms with Crippen LogP contribution in [-0.4, -0.2) is 38.2 Å². The Kier molecular flexibility index (Phi) is 7.12.